The van der Waals surface area contributed by atoms with Crippen LogP contribution in [-0.2, 0) is 13.6 Å². The molecule has 0 atom stereocenters. The standard InChI is InChI=1S/C30H31FN8O/c1-20-4-8-26(29(32)40)28(22-6-7-23(27(31)14-22)18-39-12-10-37(2)11-13-39)25(20)9-5-21-15-33-30(34-16-21)36-24-17-35-38(3)19-24/h4,6-8,14-17,19H,10-13,18H2,1-3H3,(H2,32,40)(H,33,34,36). The van der Waals surface area contributed by atoms with Gasteiger partial charge in [-0.1, -0.05) is 30.0 Å². The second-order valence-electron chi connectivity index (χ2n) is 10.0. The van der Waals surface area contributed by atoms with Gasteiger partial charge in [0.2, 0.25) is 11.9 Å². The Hall–Kier alpha value is -4.59. The number of aryl methyl sites for hydroxylation is 2. The summed E-state index contributed by atoms with van der Waals surface area (Å²) in [5, 5.41) is 7.19. The molecule has 5 rings (SSSR count). The largest absolute Gasteiger partial charge is 0.366 e. The van der Waals surface area contributed by atoms with Gasteiger partial charge in [-0.15, -0.1) is 0 Å². The number of anilines is 2. The average molecular weight is 539 g/mol. The van der Waals surface area contributed by atoms with Gasteiger partial charge in [-0.05, 0) is 37.2 Å². The minimum absolute atomic E-state index is 0.286. The third-order valence-electron chi connectivity index (χ3n) is 6.96. The summed E-state index contributed by atoms with van der Waals surface area (Å²) in [5.41, 5.74) is 10.5. The van der Waals surface area contributed by atoms with E-state index in [2.05, 4.69) is 49.1 Å². The molecule has 1 saturated heterocycles. The lowest BCUT2D eigenvalue weighted by atomic mass is 9.90. The van der Waals surface area contributed by atoms with Gasteiger partial charge in [0.05, 0.1) is 17.4 Å². The van der Waals surface area contributed by atoms with Crippen LogP contribution >= 0.6 is 0 Å². The molecule has 0 bridgehead atoms. The lowest BCUT2D eigenvalue weighted by Crippen LogP contribution is -2.44. The van der Waals surface area contributed by atoms with Crippen molar-refractivity contribution in [1.82, 2.24) is 29.5 Å². The molecule has 0 aliphatic carbocycles. The van der Waals surface area contributed by atoms with Gasteiger partial charge in [0.25, 0.3) is 0 Å². The fraction of sp³-hybridized carbons (Fsp3) is 0.267. The molecule has 0 unspecified atom stereocenters. The van der Waals surface area contributed by atoms with E-state index in [4.69, 9.17) is 5.73 Å². The summed E-state index contributed by atoms with van der Waals surface area (Å²) in [4.78, 5) is 25.6. The molecule has 9 nitrogen and oxygen atoms in total. The fourth-order valence-electron chi connectivity index (χ4n) is 4.66. The summed E-state index contributed by atoms with van der Waals surface area (Å²) in [5.74, 6) is 5.73. The monoisotopic (exact) mass is 538 g/mol. The number of nitrogens with one attached hydrogen (secondary N) is 1. The highest BCUT2D eigenvalue weighted by Crippen LogP contribution is 2.31. The first kappa shape index (κ1) is 27.0. The minimum atomic E-state index is -0.603. The van der Waals surface area contributed by atoms with Gasteiger partial charge in [0.1, 0.15) is 5.82 Å². The summed E-state index contributed by atoms with van der Waals surface area (Å²) in [6, 6.07) is 8.55. The lowest BCUT2D eigenvalue weighted by molar-refractivity contribution is 0.100. The molecule has 4 aromatic rings. The third-order valence-corrected chi connectivity index (χ3v) is 6.96. The zero-order chi connectivity index (χ0) is 28.2. The number of nitrogens with zero attached hydrogens (tertiary/aromatic N) is 6. The maximum absolute atomic E-state index is 15.4. The second-order valence-corrected chi connectivity index (χ2v) is 10.0. The van der Waals surface area contributed by atoms with Gasteiger partial charge in [0.15, 0.2) is 0 Å². The van der Waals surface area contributed by atoms with E-state index in [1.54, 1.807) is 41.5 Å². The van der Waals surface area contributed by atoms with Crippen molar-refractivity contribution in [2.45, 2.75) is 13.5 Å². The van der Waals surface area contributed by atoms with Crippen molar-refractivity contribution >= 4 is 17.5 Å². The molecular formula is C30H31FN8O. The number of aromatic nitrogens is 4. The topological polar surface area (TPSA) is 105 Å². The molecule has 2 aromatic carbocycles. The van der Waals surface area contributed by atoms with E-state index in [0.29, 0.717) is 40.3 Å². The smallest absolute Gasteiger partial charge is 0.249 e. The summed E-state index contributed by atoms with van der Waals surface area (Å²) in [6.45, 7) is 6.14. The number of carbonyl (C=O) groups excluding carboxylic acids is 1. The second kappa shape index (κ2) is 11.7. The number of rotatable bonds is 6. The molecule has 0 spiro atoms. The number of halogens is 1. The van der Waals surface area contributed by atoms with Crippen molar-refractivity contribution in [3.8, 4) is 23.0 Å². The fourth-order valence-corrected chi connectivity index (χ4v) is 4.66. The predicted octanol–water partition coefficient (Wildman–Crippen LogP) is 3.31. The zero-order valence-corrected chi connectivity index (χ0v) is 22.8. The number of benzene rings is 2. The van der Waals surface area contributed by atoms with Gasteiger partial charge in [0, 0.05) is 80.6 Å². The third kappa shape index (κ3) is 6.17. The Labute approximate surface area is 232 Å². The van der Waals surface area contributed by atoms with Crippen LogP contribution in [0.4, 0.5) is 16.0 Å². The predicted molar refractivity (Wildman–Crippen MR) is 152 cm³/mol. The zero-order valence-electron chi connectivity index (χ0n) is 22.8. The molecule has 1 aliphatic rings. The van der Waals surface area contributed by atoms with Crippen LogP contribution in [0, 0.1) is 24.6 Å². The van der Waals surface area contributed by atoms with Crippen LogP contribution in [-0.4, -0.2) is 68.7 Å². The lowest BCUT2D eigenvalue weighted by Gasteiger charge is -2.32. The molecule has 40 heavy (non-hydrogen) atoms. The van der Waals surface area contributed by atoms with E-state index in [0.717, 1.165) is 37.4 Å². The van der Waals surface area contributed by atoms with Crippen LogP contribution < -0.4 is 11.1 Å². The van der Waals surface area contributed by atoms with Crippen molar-refractivity contribution in [1.29, 1.82) is 0 Å². The summed E-state index contributed by atoms with van der Waals surface area (Å²) in [6.07, 6.45) is 6.71. The van der Waals surface area contributed by atoms with Crippen LogP contribution in [0.5, 0.6) is 0 Å². The van der Waals surface area contributed by atoms with Crippen molar-refractivity contribution in [2.75, 3.05) is 38.5 Å². The maximum Gasteiger partial charge on any atom is 0.249 e. The highest BCUT2D eigenvalue weighted by atomic mass is 19.1. The van der Waals surface area contributed by atoms with Gasteiger partial charge < -0.3 is 16.0 Å². The Morgan fingerprint density at radius 3 is 2.45 bits per heavy atom. The van der Waals surface area contributed by atoms with Crippen molar-refractivity contribution in [2.24, 2.45) is 12.8 Å². The van der Waals surface area contributed by atoms with Crippen LogP contribution in [0.25, 0.3) is 11.1 Å². The molecule has 2 aromatic heterocycles. The van der Waals surface area contributed by atoms with E-state index in [9.17, 15) is 4.79 Å². The van der Waals surface area contributed by atoms with Crippen LogP contribution in [0.1, 0.15) is 32.6 Å². The van der Waals surface area contributed by atoms with E-state index < -0.39 is 5.91 Å². The number of amides is 1. The quantitative estimate of drug-likeness (QED) is 0.363. The SMILES string of the molecule is Cc1ccc(C(N)=O)c(-c2ccc(CN3CCN(C)CC3)c(F)c2)c1C#Cc1cnc(Nc2cnn(C)c2)nc1. The molecule has 3 heterocycles. The molecule has 0 radical (unpaired) electrons. The van der Waals surface area contributed by atoms with Gasteiger partial charge in [-0.2, -0.15) is 5.10 Å². The number of nitrogens with two attached hydrogens (primary N) is 1. The molecule has 0 saturated carbocycles. The Balaban J connectivity index is 1.44. The Morgan fingerprint density at radius 2 is 1.80 bits per heavy atom. The first-order valence-electron chi connectivity index (χ1n) is 13.0. The molecule has 1 aliphatic heterocycles. The first-order chi connectivity index (χ1) is 19.3. The van der Waals surface area contributed by atoms with E-state index in [1.165, 1.54) is 6.07 Å². The molecule has 10 heteroatoms. The van der Waals surface area contributed by atoms with E-state index in [-0.39, 0.29) is 11.4 Å². The molecule has 204 valence electrons. The van der Waals surface area contributed by atoms with Crippen LogP contribution in [0.3, 0.4) is 0 Å². The van der Waals surface area contributed by atoms with Gasteiger partial charge in [-0.3, -0.25) is 14.4 Å². The summed E-state index contributed by atoms with van der Waals surface area (Å²) >= 11 is 0. The number of likely N-dealkylation sites (N-methyl/N-ethyl adjacent to an activating group) is 1. The molecular weight excluding hydrogens is 507 g/mol. The summed E-state index contributed by atoms with van der Waals surface area (Å²) in [7, 11) is 3.92. The number of piperazine rings is 1. The molecule has 3 N–H and O–H groups in total. The molecule has 1 amide bonds. The van der Waals surface area contributed by atoms with Crippen molar-refractivity contribution in [3.63, 3.8) is 0 Å². The summed E-state index contributed by atoms with van der Waals surface area (Å²) < 4.78 is 17.0. The Bertz CT molecular complexity index is 1590. The van der Waals surface area contributed by atoms with Crippen molar-refractivity contribution in [3.05, 3.63) is 88.8 Å². The van der Waals surface area contributed by atoms with Crippen molar-refractivity contribution < 1.29 is 9.18 Å². The normalized spacial score (nSPS) is 14.0. The number of primary amides is 1. The highest BCUT2D eigenvalue weighted by molar-refractivity contribution is 6.01. The maximum atomic E-state index is 15.4. The number of hydrogen-bond acceptors (Lipinski definition) is 7. The van der Waals surface area contributed by atoms with Gasteiger partial charge in [-0.25, -0.2) is 14.4 Å². The number of carbonyl (C=O) groups is 1. The first-order valence-corrected chi connectivity index (χ1v) is 13.0. The van der Waals surface area contributed by atoms with Crippen LogP contribution in [0.2, 0.25) is 0 Å². The number of hydrogen-bond donors (Lipinski definition) is 2. The van der Waals surface area contributed by atoms with E-state index >= 15 is 4.39 Å². The minimum Gasteiger partial charge on any atom is -0.366 e. The van der Waals surface area contributed by atoms with Crippen LogP contribution in [0.15, 0.2) is 55.1 Å². The highest BCUT2D eigenvalue weighted by Gasteiger charge is 2.19. The van der Waals surface area contributed by atoms with Gasteiger partial charge >= 0.3 is 0 Å². The van der Waals surface area contributed by atoms with E-state index in [1.807, 2.05) is 26.2 Å². The Kier molecular flexibility index (Phi) is 7.86. The molecule has 1 fully saturated rings. The average Bonchev–Trinajstić information content (AvgIpc) is 3.35. The Morgan fingerprint density at radius 1 is 1.05 bits per heavy atom.